The Kier molecular flexibility index (Phi) is 5.50. The van der Waals surface area contributed by atoms with Crippen LogP contribution < -0.4 is 5.73 Å². The maximum Gasteiger partial charge on any atom is 0.0207 e. The van der Waals surface area contributed by atoms with E-state index in [9.17, 15) is 0 Å². The quantitative estimate of drug-likeness (QED) is 0.853. The molecule has 2 heteroatoms. The molecule has 0 amide bonds. The SMILES string of the molecule is CCC(N)CCC(C)c1cccc(Br)c1C. The monoisotopic (exact) mass is 283 g/mol. The van der Waals surface area contributed by atoms with Gasteiger partial charge < -0.3 is 5.73 Å². The second-order valence-electron chi connectivity index (χ2n) is 4.60. The van der Waals surface area contributed by atoms with Crippen molar-refractivity contribution in [1.29, 1.82) is 0 Å². The van der Waals surface area contributed by atoms with E-state index in [1.807, 2.05) is 0 Å². The fourth-order valence-corrected chi connectivity index (χ4v) is 2.36. The molecule has 2 unspecified atom stereocenters. The van der Waals surface area contributed by atoms with Crippen molar-refractivity contribution < 1.29 is 0 Å². The lowest BCUT2D eigenvalue weighted by Gasteiger charge is -2.17. The van der Waals surface area contributed by atoms with Crippen molar-refractivity contribution in [3.05, 3.63) is 33.8 Å². The van der Waals surface area contributed by atoms with Crippen LogP contribution in [0.25, 0.3) is 0 Å². The molecule has 0 fully saturated rings. The van der Waals surface area contributed by atoms with E-state index in [2.05, 4.69) is 54.9 Å². The van der Waals surface area contributed by atoms with Crippen molar-refractivity contribution in [2.24, 2.45) is 5.73 Å². The first-order valence-corrected chi connectivity index (χ1v) is 6.86. The summed E-state index contributed by atoms with van der Waals surface area (Å²) in [6.07, 6.45) is 3.36. The van der Waals surface area contributed by atoms with Gasteiger partial charge in [0.25, 0.3) is 0 Å². The zero-order valence-electron chi connectivity index (χ0n) is 10.5. The Morgan fingerprint density at radius 3 is 2.62 bits per heavy atom. The summed E-state index contributed by atoms with van der Waals surface area (Å²) in [6.45, 7) is 6.62. The molecule has 0 bridgehead atoms. The van der Waals surface area contributed by atoms with Crippen LogP contribution in [0, 0.1) is 6.92 Å². The number of hydrogen-bond acceptors (Lipinski definition) is 1. The molecule has 0 spiro atoms. The average molecular weight is 284 g/mol. The molecular formula is C14H22BrN. The average Bonchev–Trinajstić information content (AvgIpc) is 2.29. The Labute approximate surface area is 108 Å². The molecule has 0 aliphatic heterocycles. The summed E-state index contributed by atoms with van der Waals surface area (Å²) >= 11 is 3.58. The summed E-state index contributed by atoms with van der Waals surface area (Å²) in [5.74, 6) is 0.593. The maximum absolute atomic E-state index is 5.96. The minimum atomic E-state index is 0.356. The fourth-order valence-electron chi connectivity index (χ4n) is 1.98. The van der Waals surface area contributed by atoms with Gasteiger partial charge in [0, 0.05) is 10.5 Å². The largest absolute Gasteiger partial charge is 0.328 e. The predicted octanol–water partition coefficient (Wildman–Crippen LogP) is 4.38. The highest BCUT2D eigenvalue weighted by Crippen LogP contribution is 2.28. The van der Waals surface area contributed by atoms with E-state index in [1.165, 1.54) is 22.0 Å². The number of halogens is 1. The molecule has 0 saturated carbocycles. The van der Waals surface area contributed by atoms with Crippen LogP contribution in [0.15, 0.2) is 22.7 Å². The molecule has 0 saturated heterocycles. The molecule has 0 aromatic heterocycles. The Balaban J connectivity index is 2.66. The number of rotatable bonds is 5. The minimum absolute atomic E-state index is 0.356. The summed E-state index contributed by atoms with van der Waals surface area (Å²) < 4.78 is 1.21. The van der Waals surface area contributed by atoms with Gasteiger partial charge in [-0.15, -0.1) is 0 Å². The van der Waals surface area contributed by atoms with Crippen molar-refractivity contribution in [1.82, 2.24) is 0 Å². The summed E-state index contributed by atoms with van der Waals surface area (Å²) in [5.41, 5.74) is 8.76. The third-order valence-electron chi connectivity index (χ3n) is 3.34. The van der Waals surface area contributed by atoms with Crippen molar-refractivity contribution in [2.75, 3.05) is 0 Å². The zero-order chi connectivity index (χ0) is 12.1. The van der Waals surface area contributed by atoms with Crippen LogP contribution in [-0.2, 0) is 0 Å². The van der Waals surface area contributed by atoms with Crippen LogP contribution in [-0.4, -0.2) is 6.04 Å². The Hall–Kier alpha value is -0.340. The summed E-state index contributed by atoms with van der Waals surface area (Å²) in [7, 11) is 0. The highest BCUT2D eigenvalue weighted by atomic mass is 79.9. The number of benzene rings is 1. The van der Waals surface area contributed by atoms with Gasteiger partial charge in [0.15, 0.2) is 0 Å². The maximum atomic E-state index is 5.96. The van der Waals surface area contributed by atoms with Gasteiger partial charge in [0.1, 0.15) is 0 Å². The first-order chi connectivity index (χ1) is 7.56. The standard InChI is InChI=1S/C14H22BrN/c1-4-12(16)9-8-10(2)13-6-5-7-14(15)11(13)3/h5-7,10,12H,4,8-9,16H2,1-3H3. The Morgan fingerprint density at radius 1 is 1.31 bits per heavy atom. The fraction of sp³-hybridized carbons (Fsp3) is 0.571. The molecule has 0 radical (unpaired) electrons. The van der Waals surface area contributed by atoms with E-state index in [1.54, 1.807) is 0 Å². The van der Waals surface area contributed by atoms with Gasteiger partial charge >= 0.3 is 0 Å². The van der Waals surface area contributed by atoms with Gasteiger partial charge in [-0.05, 0) is 49.3 Å². The smallest absolute Gasteiger partial charge is 0.0207 e. The van der Waals surface area contributed by atoms with Crippen LogP contribution in [0.1, 0.15) is 50.2 Å². The molecule has 0 aliphatic rings. The first-order valence-electron chi connectivity index (χ1n) is 6.06. The second-order valence-corrected chi connectivity index (χ2v) is 5.46. The summed E-state index contributed by atoms with van der Waals surface area (Å²) in [4.78, 5) is 0. The molecule has 2 N–H and O–H groups in total. The van der Waals surface area contributed by atoms with Gasteiger partial charge in [0.05, 0.1) is 0 Å². The van der Waals surface area contributed by atoms with Gasteiger partial charge in [0.2, 0.25) is 0 Å². The molecule has 1 nitrogen and oxygen atoms in total. The minimum Gasteiger partial charge on any atom is -0.328 e. The molecule has 1 rings (SSSR count). The molecule has 1 aromatic carbocycles. The second kappa shape index (κ2) is 6.41. The van der Waals surface area contributed by atoms with Crippen LogP contribution in [0.5, 0.6) is 0 Å². The lowest BCUT2D eigenvalue weighted by atomic mass is 9.91. The molecule has 0 aliphatic carbocycles. The molecule has 0 heterocycles. The molecular weight excluding hydrogens is 262 g/mol. The van der Waals surface area contributed by atoms with Crippen LogP contribution in [0.2, 0.25) is 0 Å². The van der Waals surface area contributed by atoms with E-state index < -0.39 is 0 Å². The molecule has 1 aromatic rings. The van der Waals surface area contributed by atoms with E-state index in [0.29, 0.717) is 12.0 Å². The number of nitrogens with two attached hydrogens (primary N) is 1. The van der Waals surface area contributed by atoms with Gasteiger partial charge in [-0.2, -0.15) is 0 Å². The lowest BCUT2D eigenvalue weighted by Crippen LogP contribution is -2.19. The summed E-state index contributed by atoms with van der Waals surface area (Å²) in [5, 5.41) is 0. The topological polar surface area (TPSA) is 26.0 Å². The zero-order valence-corrected chi connectivity index (χ0v) is 12.0. The molecule has 90 valence electrons. The summed E-state index contributed by atoms with van der Waals surface area (Å²) in [6, 6.07) is 6.80. The molecule has 16 heavy (non-hydrogen) atoms. The third-order valence-corrected chi connectivity index (χ3v) is 4.19. The lowest BCUT2D eigenvalue weighted by molar-refractivity contribution is 0.529. The van der Waals surface area contributed by atoms with Gasteiger partial charge in [-0.1, -0.05) is 41.9 Å². The highest BCUT2D eigenvalue weighted by molar-refractivity contribution is 9.10. The van der Waals surface area contributed by atoms with Crippen LogP contribution in [0.3, 0.4) is 0 Å². The van der Waals surface area contributed by atoms with Crippen molar-refractivity contribution in [3.8, 4) is 0 Å². The third kappa shape index (κ3) is 3.60. The van der Waals surface area contributed by atoms with Crippen molar-refractivity contribution >= 4 is 15.9 Å². The first kappa shape index (κ1) is 13.7. The van der Waals surface area contributed by atoms with Crippen molar-refractivity contribution in [2.45, 2.75) is 52.0 Å². The normalized spacial score (nSPS) is 14.8. The molecule has 2 atom stereocenters. The van der Waals surface area contributed by atoms with Gasteiger partial charge in [-0.25, -0.2) is 0 Å². The highest BCUT2D eigenvalue weighted by Gasteiger charge is 2.11. The van der Waals surface area contributed by atoms with E-state index in [-0.39, 0.29) is 0 Å². The van der Waals surface area contributed by atoms with E-state index >= 15 is 0 Å². The predicted molar refractivity (Wildman–Crippen MR) is 74.8 cm³/mol. The number of hydrogen-bond donors (Lipinski definition) is 1. The van der Waals surface area contributed by atoms with Crippen LogP contribution in [0.4, 0.5) is 0 Å². The van der Waals surface area contributed by atoms with E-state index in [4.69, 9.17) is 5.73 Å². The van der Waals surface area contributed by atoms with Crippen LogP contribution >= 0.6 is 15.9 Å². The Bertz CT molecular complexity index is 336. The Morgan fingerprint density at radius 2 is 2.00 bits per heavy atom. The van der Waals surface area contributed by atoms with E-state index in [0.717, 1.165) is 12.8 Å². The van der Waals surface area contributed by atoms with Crippen molar-refractivity contribution in [3.63, 3.8) is 0 Å². The van der Waals surface area contributed by atoms with Gasteiger partial charge in [-0.3, -0.25) is 0 Å².